The minimum Gasteiger partial charge on any atom is -0.411 e. The van der Waals surface area contributed by atoms with Crippen LogP contribution in [0, 0.1) is 5.92 Å². The molecule has 0 heterocycles. The fourth-order valence-electron chi connectivity index (χ4n) is 1.23. The van der Waals surface area contributed by atoms with E-state index < -0.39 is 5.60 Å². The predicted octanol–water partition coefficient (Wildman–Crippen LogP) is 2.41. The first-order valence-corrected chi connectivity index (χ1v) is 4.84. The topological polar surface area (TPSA) is 52.8 Å². The van der Waals surface area contributed by atoms with Crippen molar-refractivity contribution in [1.82, 2.24) is 0 Å². The van der Waals surface area contributed by atoms with Gasteiger partial charge in [0.15, 0.2) is 0 Å². The van der Waals surface area contributed by atoms with Crippen LogP contribution in [0.15, 0.2) is 5.16 Å². The van der Waals surface area contributed by atoms with Crippen molar-refractivity contribution in [3.8, 4) is 0 Å². The first-order valence-electron chi connectivity index (χ1n) is 4.84. The van der Waals surface area contributed by atoms with Gasteiger partial charge < -0.3 is 10.3 Å². The first kappa shape index (κ1) is 12.4. The van der Waals surface area contributed by atoms with E-state index in [9.17, 15) is 5.11 Å². The Morgan fingerprint density at radius 2 is 2.08 bits per heavy atom. The molecule has 0 saturated heterocycles. The third-order valence-corrected chi connectivity index (χ3v) is 2.07. The van der Waals surface area contributed by atoms with Crippen LogP contribution in [0.2, 0.25) is 0 Å². The molecule has 0 spiro atoms. The van der Waals surface area contributed by atoms with E-state index in [0.29, 0.717) is 5.92 Å². The fourth-order valence-corrected chi connectivity index (χ4v) is 1.23. The van der Waals surface area contributed by atoms with Crippen LogP contribution >= 0.6 is 0 Å². The van der Waals surface area contributed by atoms with E-state index in [1.165, 1.54) is 6.21 Å². The van der Waals surface area contributed by atoms with Gasteiger partial charge in [0.2, 0.25) is 0 Å². The quantitative estimate of drug-likeness (QED) is 0.381. The molecule has 2 N–H and O–H groups in total. The summed E-state index contributed by atoms with van der Waals surface area (Å²) in [4.78, 5) is 0. The van der Waals surface area contributed by atoms with Gasteiger partial charge >= 0.3 is 0 Å². The van der Waals surface area contributed by atoms with Crippen LogP contribution in [0.5, 0.6) is 0 Å². The van der Waals surface area contributed by atoms with Crippen LogP contribution in [0.4, 0.5) is 0 Å². The lowest BCUT2D eigenvalue weighted by atomic mass is 9.95. The van der Waals surface area contributed by atoms with E-state index in [4.69, 9.17) is 5.21 Å². The van der Waals surface area contributed by atoms with Crippen LogP contribution in [0.25, 0.3) is 0 Å². The lowest BCUT2D eigenvalue weighted by molar-refractivity contribution is 0.0671. The molecular formula is C10H21NO2. The molecule has 0 aliphatic heterocycles. The Morgan fingerprint density at radius 1 is 1.46 bits per heavy atom. The molecule has 0 aromatic rings. The number of hydrogen-bond donors (Lipinski definition) is 2. The average molecular weight is 187 g/mol. The van der Waals surface area contributed by atoms with Crippen LogP contribution in [0.3, 0.4) is 0 Å². The molecule has 1 atom stereocenters. The summed E-state index contributed by atoms with van der Waals surface area (Å²) >= 11 is 0. The fraction of sp³-hybridized carbons (Fsp3) is 0.900. The smallest absolute Gasteiger partial charge is 0.0591 e. The number of oxime groups is 1. The summed E-state index contributed by atoms with van der Waals surface area (Å²) in [6, 6.07) is 0. The van der Waals surface area contributed by atoms with Gasteiger partial charge in [0.25, 0.3) is 0 Å². The molecule has 0 rings (SSSR count). The molecule has 13 heavy (non-hydrogen) atoms. The molecular weight excluding hydrogens is 166 g/mol. The molecule has 0 fully saturated rings. The molecule has 0 amide bonds. The van der Waals surface area contributed by atoms with Crippen molar-refractivity contribution in [1.29, 1.82) is 0 Å². The van der Waals surface area contributed by atoms with Gasteiger partial charge in [-0.05, 0) is 32.6 Å². The van der Waals surface area contributed by atoms with Crippen LogP contribution < -0.4 is 0 Å². The summed E-state index contributed by atoms with van der Waals surface area (Å²) in [6.45, 7) is 5.77. The first-order chi connectivity index (χ1) is 5.95. The second kappa shape index (κ2) is 5.97. The van der Waals surface area contributed by atoms with Crippen LogP contribution in [-0.2, 0) is 0 Å². The Bertz CT molecular complexity index is 149. The molecule has 3 nitrogen and oxygen atoms in total. The Labute approximate surface area is 80.5 Å². The number of rotatable bonds is 6. The standard InChI is InChI=1S/C10H21NO2/c1-9(6-8-11-13)5-4-7-10(2,3)12/h8-9,12-13H,4-7H2,1-3H3. The predicted molar refractivity (Wildman–Crippen MR) is 54.2 cm³/mol. The highest BCUT2D eigenvalue weighted by molar-refractivity contribution is 5.56. The maximum absolute atomic E-state index is 9.44. The highest BCUT2D eigenvalue weighted by Gasteiger charge is 2.12. The van der Waals surface area contributed by atoms with Gasteiger partial charge in [-0.1, -0.05) is 19.8 Å². The molecule has 78 valence electrons. The van der Waals surface area contributed by atoms with Crippen molar-refractivity contribution >= 4 is 6.21 Å². The summed E-state index contributed by atoms with van der Waals surface area (Å²) in [5, 5.41) is 20.6. The maximum Gasteiger partial charge on any atom is 0.0591 e. The second-order valence-corrected chi connectivity index (χ2v) is 4.34. The second-order valence-electron chi connectivity index (χ2n) is 4.34. The largest absolute Gasteiger partial charge is 0.411 e. The van der Waals surface area contributed by atoms with E-state index in [-0.39, 0.29) is 0 Å². The van der Waals surface area contributed by atoms with Crippen molar-refractivity contribution in [2.45, 2.75) is 52.1 Å². The van der Waals surface area contributed by atoms with E-state index in [0.717, 1.165) is 25.7 Å². The Kier molecular flexibility index (Phi) is 5.71. The summed E-state index contributed by atoms with van der Waals surface area (Å²) in [7, 11) is 0. The van der Waals surface area contributed by atoms with E-state index in [1.807, 2.05) is 13.8 Å². The molecule has 3 heteroatoms. The lowest BCUT2D eigenvalue weighted by Gasteiger charge is -2.17. The van der Waals surface area contributed by atoms with Crippen molar-refractivity contribution in [2.75, 3.05) is 0 Å². The summed E-state index contributed by atoms with van der Waals surface area (Å²) < 4.78 is 0. The maximum atomic E-state index is 9.44. The minimum atomic E-state index is -0.551. The average Bonchev–Trinajstić information content (AvgIpc) is 1.98. The third-order valence-electron chi connectivity index (χ3n) is 2.07. The minimum absolute atomic E-state index is 0.526. The molecule has 0 radical (unpaired) electrons. The highest BCUT2D eigenvalue weighted by atomic mass is 16.4. The third kappa shape index (κ3) is 9.34. The SMILES string of the molecule is CC(CC=NO)CCCC(C)(C)O. The molecule has 0 bridgehead atoms. The van der Waals surface area contributed by atoms with Gasteiger partial charge in [0.05, 0.1) is 5.60 Å². The van der Waals surface area contributed by atoms with Crippen molar-refractivity contribution in [3.63, 3.8) is 0 Å². The Morgan fingerprint density at radius 3 is 2.54 bits per heavy atom. The van der Waals surface area contributed by atoms with Crippen molar-refractivity contribution in [2.24, 2.45) is 11.1 Å². The summed E-state index contributed by atoms with van der Waals surface area (Å²) in [6.07, 6.45) is 5.24. The summed E-state index contributed by atoms with van der Waals surface area (Å²) in [5.74, 6) is 0.526. The van der Waals surface area contributed by atoms with E-state index >= 15 is 0 Å². The van der Waals surface area contributed by atoms with Gasteiger partial charge in [-0.15, -0.1) is 5.16 Å². The van der Waals surface area contributed by atoms with Gasteiger partial charge in [-0.25, -0.2) is 0 Å². The number of hydrogen-bond acceptors (Lipinski definition) is 3. The number of aliphatic hydroxyl groups is 1. The zero-order valence-corrected chi connectivity index (χ0v) is 8.82. The van der Waals surface area contributed by atoms with E-state index in [2.05, 4.69) is 12.1 Å². The van der Waals surface area contributed by atoms with Crippen molar-refractivity contribution < 1.29 is 10.3 Å². The Balaban J connectivity index is 3.42. The van der Waals surface area contributed by atoms with Gasteiger partial charge in [0.1, 0.15) is 0 Å². The molecule has 0 aliphatic rings. The monoisotopic (exact) mass is 187 g/mol. The van der Waals surface area contributed by atoms with Gasteiger partial charge in [-0.2, -0.15) is 0 Å². The molecule has 0 saturated carbocycles. The van der Waals surface area contributed by atoms with E-state index in [1.54, 1.807) is 0 Å². The number of nitrogens with zero attached hydrogens (tertiary/aromatic N) is 1. The molecule has 0 aromatic heterocycles. The zero-order valence-electron chi connectivity index (χ0n) is 8.82. The summed E-state index contributed by atoms with van der Waals surface area (Å²) in [5.41, 5.74) is -0.551. The normalized spacial score (nSPS) is 15.1. The van der Waals surface area contributed by atoms with Gasteiger partial charge in [0, 0.05) is 6.21 Å². The van der Waals surface area contributed by atoms with Gasteiger partial charge in [-0.3, -0.25) is 0 Å². The van der Waals surface area contributed by atoms with Crippen molar-refractivity contribution in [3.05, 3.63) is 0 Å². The Hall–Kier alpha value is -0.570. The molecule has 1 unspecified atom stereocenters. The zero-order chi connectivity index (χ0) is 10.3. The molecule has 0 aliphatic carbocycles. The van der Waals surface area contributed by atoms with Crippen LogP contribution in [-0.4, -0.2) is 22.1 Å². The lowest BCUT2D eigenvalue weighted by Crippen LogP contribution is -2.18. The molecule has 0 aromatic carbocycles. The highest BCUT2D eigenvalue weighted by Crippen LogP contribution is 2.16. The van der Waals surface area contributed by atoms with Crippen LogP contribution in [0.1, 0.15) is 46.5 Å².